The maximum atomic E-state index is 10.3. The Morgan fingerprint density at radius 1 is 1.00 bits per heavy atom. The molecule has 0 saturated carbocycles. The number of aliphatic hydroxyl groups is 5. The van der Waals surface area contributed by atoms with Gasteiger partial charge in [0.15, 0.2) is 6.29 Å². The molecule has 1 unspecified atom stereocenters. The first-order valence-corrected chi connectivity index (χ1v) is 10.1. The highest BCUT2D eigenvalue weighted by Gasteiger charge is 2.44. The normalized spacial score (nSPS) is 30.4. The molecule has 8 nitrogen and oxygen atoms in total. The predicted octanol–water partition coefficient (Wildman–Crippen LogP) is -0.399. The van der Waals surface area contributed by atoms with Gasteiger partial charge in [0.2, 0.25) is 0 Å². The molecule has 1 aliphatic heterocycles. The molecular weight excluding hydrogens is 354 g/mol. The van der Waals surface area contributed by atoms with E-state index in [1.807, 2.05) is 0 Å². The number of nitrogens with zero attached hydrogens (tertiary/aromatic N) is 1. The first-order valence-electron chi connectivity index (χ1n) is 10.1. The SMILES string of the molecule is CCCCCCCC[N+](C)(C)CC(O)CO[C@@H]1[C@@H](O)[C@H](O)[C@@H](CO)O[C@@H]1O. The highest BCUT2D eigenvalue weighted by molar-refractivity contribution is 4.89. The molecule has 27 heavy (non-hydrogen) atoms. The predicted molar refractivity (Wildman–Crippen MR) is 101 cm³/mol. The third-order valence-electron chi connectivity index (χ3n) is 5.15. The van der Waals surface area contributed by atoms with Crippen LogP contribution in [0, 0.1) is 0 Å². The van der Waals surface area contributed by atoms with Crippen molar-refractivity contribution in [3.05, 3.63) is 0 Å². The number of likely N-dealkylation sites (N-methyl/N-ethyl adjacent to an activating group) is 1. The van der Waals surface area contributed by atoms with Crippen LogP contribution < -0.4 is 0 Å². The van der Waals surface area contributed by atoms with Crippen molar-refractivity contribution in [3.8, 4) is 0 Å². The van der Waals surface area contributed by atoms with Crippen molar-refractivity contribution in [3.63, 3.8) is 0 Å². The van der Waals surface area contributed by atoms with E-state index < -0.39 is 43.4 Å². The number of aliphatic hydroxyl groups excluding tert-OH is 5. The Morgan fingerprint density at radius 2 is 1.63 bits per heavy atom. The van der Waals surface area contributed by atoms with Gasteiger partial charge >= 0.3 is 0 Å². The van der Waals surface area contributed by atoms with E-state index in [0.29, 0.717) is 11.0 Å². The molecule has 0 aromatic rings. The van der Waals surface area contributed by atoms with E-state index in [1.54, 1.807) is 0 Å². The number of ether oxygens (including phenoxy) is 2. The van der Waals surface area contributed by atoms with E-state index in [4.69, 9.17) is 14.6 Å². The van der Waals surface area contributed by atoms with Crippen LogP contribution in [-0.2, 0) is 9.47 Å². The maximum Gasteiger partial charge on any atom is 0.184 e. The Balaban J connectivity index is 2.33. The zero-order valence-corrected chi connectivity index (χ0v) is 17.0. The Bertz CT molecular complexity index is 396. The van der Waals surface area contributed by atoms with Gasteiger partial charge in [-0.25, -0.2) is 0 Å². The summed E-state index contributed by atoms with van der Waals surface area (Å²) < 4.78 is 11.1. The van der Waals surface area contributed by atoms with Crippen molar-refractivity contribution >= 4 is 0 Å². The summed E-state index contributed by atoms with van der Waals surface area (Å²) >= 11 is 0. The standard InChI is InChI=1S/C19H40NO7/c1-4-5-6-7-8-9-10-20(2,3)11-14(22)13-26-18-17(24)16(23)15(12-21)27-19(18)25/h14-19,21-25H,4-13H2,1-3H3/q+1/t14?,15-,16-,17+,18-,19+/m1/s1. The molecule has 0 radical (unpaired) electrons. The molecule has 0 amide bonds. The largest absolute Gasteiger partial charge is 0.394 e. The van der Waals surface area contributed by atoms with Crippen LogP contribution >= 0.6 is 0 Å². The second kappa shape index (κ2) is 12.3. The van der Waals surface area contributed by atoms with Crippen molar-refractivity contribution in [1.82, 2.24) is 0 Å². The molecule has 6 atom stereocenters. The fraction of sp³-hybridized carbons (Fsp3) is 1.00. The lowest BCUT2D eigenvalue weighted by atomic mass is 9.99. The molecule has 1 saturated heterocycles. The van der Waals surface area contributed by atoms with Crippen LogP contribution in [0.15, 0.2) is 0 Å². The van der Waals surface area contributed by atoms with Crippen LogP contribution in [0.5, 0.6) is 0 Å². The minimum atomic E-state index is -1.47. The molecule has 5 N–H and O–H groups in total. The summed E-state index contributed by atoms with van der Waals surface area (Å²) in [7, 11) is 4.11. The van der Waals surface area contributed by atoms with Gasteiger partial charge in [-0.3, -0.25) is 0 Å². The summed E-state index contributed by atoms with van der Waals surface area (Å²) in [6.07, 6.45) is 0.0918. The highest BCUT2D eigenvalue weighted by atomic mass is 16.7. The fourth-order valence-electron chi connectivity index (χ4n) is 3.51. The fourth-order valence-corrected chi connectivity index (χ4v) is 3.51. The molecule has 1 rings (SSSR count). The number of rotatable bonds is 13. The average Bonchev–Trinajstić information content (AvgIpc) is 2.60. The maximum absolute atomic E-state index is 10.3. The minimum Gasteiger partial charge on any atom is -0.394 e. The lowest BCUT2D eigenvalue weighted by Gasteiger charge is -2.40. The van der Waals surface area contributed by atoms with Crippen molar-refractivity contribution in [1.29, 1.82) is 0 Å². The van der Waals surface area contributed by atoms with Crippen LogP contribution in [-0.4, -0.2) is 107 Å². The van der Waals surface area contributed by atoms with Gasteiger partial charge in [-0.1, -0.05) is 32.6 Å². The van der Waals surface area contributed by atoms with Gasteiger partial charge in [0.25, 0.3) is 0 Å². The van der Waals surface area contributed by atoms with Crippen molar-refractivity contribution in [2.75, 3.05) is 40.4 Å². The summed E-state index contributed by atoms with van der Waals surface area (Å²) in [5.74, 6) is 0. The van der Waals surface area contributed by atoms with Gasteiger partial charge in [-0.15, -0.1) is 0 Å². The third-order valence-corrected chi connectivity index (χ3v) is 5.15. The monoisotopic (exact) mass is 394 g/mol. The van der Waals surface area contributed by atoms with Gasteiger partial charge in [0.05, 0.1) is 33.9 Å². The Labute approximate surface area is 162 Å². The zero-order valence-electron chi connectivity index (χ0n) is 17.0. The number of quaternary nitrogens is 1. The third kappa shape index (κ3) is 8.70. The first-order chi connectivity index (χ1) is 12.7. The number of hydrogen-bond donors (Lipinski definition) is 5. The average molecular weight is 395 g/mol. The summed E-state index contributed by atoms with van der Waals surface area (Å²) in [6, 6.07) is 0. The second-order valence-corrected chi connectivity index (χ2v) is 8.29. The number of unbranched alkanes of at least 4 members (excludes halogenated alkanes) is 5. The Hall–Kier alpha value is -0.320. The van der Waals surface area contributed by atoms with E-state index in [-0.39, 0.29) is 6.61 Å². The summed E-state index contributed by atoms with van der Waals surface area (Å²) in [5.41, 5.74) is 0. The van der Waals surface area contributed by atoms with Gasteiger partial charge in [0.1, 0.15) is 37.1 Å². The molecule has 0 bridgehead atoms. The topological polar surface area (TPSA) is 120 Å². The molecule has 1 aliphatic rings. The van der Waals surface area contributed by atoms with E-state index in [0.717, 1.165) is 13.0 Å². The van der Waals surface area contributed by atoms with E-state index >= 15 is 0 Å². The van der Waals surface area contributed by atoms with Crippen LogP contribution in [0.1, 0.15) is 45.4 Å². The number of hydrogen-bond acceptors (Lipinski definition) is 7. The molecule has 0 aliphatic carbocycles. The van der Waals surface area contributed by atoms with E-state index in [9.17, 15) is 20.4 Å². The lowest BCUT2D eigenvalue weighted by Crippen LogP contribution is -2.60. The van der Waals surface area contributed by atoms with Gasteiger partial charge in [-0.05, 0) is 12.8 Å². The van der Waals surface area contributed by atoms with Crippen molar-refractivity contribution < 1.29 is 39.5 Å². The smallest absolute Gasteiger partial charge is 0.184 e. The molecule has 0 aromatic carbocycles. The lowest BCUT2D eigenvalue weighted by molar-refractivity contribution is -0.893. The van der Waals surface area contributed by atoms with Crippen LogP contribution in [0.3, 0.4) is 0 Å². The first kappa shape index (κ1) is 24.7. The minimum absolute atomic E-state index is 0.0865. The Kier molecular flexibility index (Phi) is 11.2. The highest BCUT2D eigenvalue weighted by Crippen LogP contribution is 2.22. The van der Waals surface area contributed by atoms with Gasteiger partial charge < -0.3 is 39.5 Å². The van der Waals surface area contributed by atoms with E-state index in [1.165, 1.54) is 32.1 Å². The molecular formula is C19H40NO7+. The van der Waals surface area contributed by atoms with Crippen LogP contribution in [0.2, 0.25) is 0 Å². The molecule has 8 heteroatoms. The second-order valence-electron chi connectivity index (χ2n) is 8.29. The molecule has 0 aromatic heterocycles. The van der Waals surface area contributed by atoms with Crippen molar-refractivity contribution in [2.24, 2.45) is 0 Å². The van der Waals surface area contributed by atoms with E-state index in [2.05, 4.69) is 21.0 Å². The zero-order chi connectivity index (χ0) is 20.4. The molecule has 1 fully saturated rings. The molecule has 162 valence electrons. The quantitative estimate of drug-likeness (QED) is 0.213. The summed E-state index contributed by atoms with van der Waals surface area (Å²) in [5, 5.41) is 49.1. The van der Waals surface area contributed by atoms with Gasteiger partial charge in [0, 0.05) is 0 Å². The summed E-state index contributed by atoms with van der Waals surface area (Å²) in [4.78, 5) is 0. The van der Waals surface area contributed by atoms with Crippen LogP contribution in [0.4, 0.5) is 0 Å². The van der Waals surface area contributed by atoms with Crippen LogP contribution in [0.25, 0.3) is 0 Å². The summed E-state index contributed by atoms with van der Waals surface area (Å²) in [6.45, 7) is 3.03. The van der Waals surface area contributed by atoms with Crippen molar-refractivity contribution in [2.45, 2.75) is 82.3 Å². The van der Waals surface area contributed by atoms with Gasteiger partial charge in [-0.2, -0.15) is 0 Å². The molecule has 1 heterocycles. The Morgan fingerprint density at radius 3 is 2.26 bits per heavy atom. The molecule has 0 spiro atoms.